The Kier molecular flexibility index (Phi) is 8.48. The summed E-state index contributed by atoms with van der Waals surface area (Å²) in [6.45, 7) is 4.26. The topological polar surface area (TPSA) is 0 Å². The van der Waals surface area contributed by atoms with E-state index in [1.807, 2.05) is 0 Å². The molecule has 0 fully saturated rings. The zero-order valence-corrected chi connectivity index (χ0v) is 21.6. The van der Waals surface area contributed by atoms with E-state index in [1.165, 1.54) is 38.9 Å². The number of aryl methyl sites for hydroxylation is 7. The summed E-state index contributed by atoms with van der Waals surface area (Å²) in [5.74, 6) is 0. The zero-order valence-electron chi connectivity index (χ0n) is 20.1. The molecule has 0 saturated carbocycles. The molecule has 0 aliphatic heterocycles. The Morgan fingerprint density at radius 1 is 0.471 bits per heavy atom. The van der Waals surface area contributed by atoms with Gasteiger partial charge in [-0.25, -0.2) is 0 Å². The molecule has 4 aromatic rings. The largest absolute Gasteiger partial charge is 0.0837 e. The van der Waals surface area contributed by atoms with E-state index in [9.17, 15) is 0 Å². The van der Waals surface area contributed by atoms with Crippen LogP contribution < -0.4 is 0 Å². The van der Waals surface area contributed by atoms with E-state index in [4.69, 9.17) is 23.2 Å². The fourth-order valence-corrected chi connectivity index (χ4v) is 5.22. The highest BCUT2D eigenvalue weighted by Crippen LogP contribution is 2.34. The average Bonchev–Trinajstić information content (AvgIpc) is 2.84. The highest BCUT2D eigenvalue weighted by Gasteiger charge is 2.16. The molecule has 0 radical (unpaired) electrons. The highest BCUT2D eigenvalue weighted by atomic mass is 35.5. The summed E-state index contributed by atoms with van der Waals surface area (Å²) in [5, 5.41) is 1.68. The lowest BCUT2D eigenvalue weighted by atomic mass is 9.93. The molecular weight excluding hydrogens is 455 g/mol. The molecule has 174 valence electrons. The van der Waals surface area contributed by atoms with Gasteiger partial charge in [-0.05, 0) is 85.8 Å². The Morgan fingerprint density at radius 3 is 1.65 bits per heavy atom. The van der Waals surface area contributed by atoms with Gasteiger partial charge in [-0.15, -0.1) is 0 Å². The minimum Gasteiger partial charge on any atom is -0.0837 e. The molecule has 0 saturated heterocycles. The summed E-state index contributed by atoms with van der Waals surface area (Å²) in [5.41, 5.74) is 10.1. The standard InChI is InChI=1S/C32H32Cl2/c1-23-11-13-26(14-12-23)16-19-29-22-28(18-15-25-8-4-3-5-9-25)31(33)30(32(29)34)20-17-27-10-6-7-24(2)21-27/h3-14,21-22H,15-20H2,1-2H3. The Bertz CT molecular complexity index is 1220. The van der Waals surface area contributed by atoms with Crippen LogP contribution in [0.15, 0.2) is 84.9 Å². The molecule has 0 nitrogen and oxygen atoms in total. The van der Waals surface area contributed by atoms with E-state index in [1.54, 1.807) is 0 Å². The van der Waals surface area contributed by atoms with Crippen LogP contribution in [0.3, 0.4) is 0 Å². The second-order valence-corrected chi connectivity index (χ2v) is 10.0. The highest BCUT2D eigenvalue weighted by molar-refractivity contribution is 6.37. The summed E-state index contributed by atoms with van der Waals surface area (Å²) in [7, 11) is 0. The number of hydrogen-bond donors (Lipinski definition) is 0. The lowest BCUT2D eigenvalue weighted by Gasteiger charge is -2.17. The Hall–Kier alpha value is -2.54. The molecule has 0 heterocycles. The van der Waals surface area contributed by atoms with Crippen LogP contribution in [0.25, 0.3) is 0 Å². The van der Waals surface area contributed by atoms with Crippen LogP contribution in [-0.4, -0.2) is 0 Å². The number of halogens is 2. The van der Waals surface area contributed by atoms with Gasteiger partial charge in [-0.1, -0.05) is 119 Å². The maximum Gasteiger partial charge on any atom is 0.0485 e. The summed E-state index contributed by atoms with van der Waals surface area (Å²) in [4.78, 5) is 0. The predicted molar refractivity (Wildman–Crippen MR) is 147 cm³/mol. The second-order valence-electron chi connectivity index (χ2n) is 9.26. The minimum atomic E-state index is 0.840. The number of rotatable bonds is 9. The fraction of sp³-hybridized carbons (Fsp3) is 0.250. The van der Waals surface area contributed by atoms with E-state index < -0.39 is 0 Å². The fourth-order valence-electron chi connectivity index (χ4n) is 4.50. The third-order valence-corrected chi connectivity index (χ3v) is 7.46. The average molecular weight is 488 g/mol. The first-order chi connectivity index (χ1) is 16.5. The van der Waals surface area contributed by atoms with E-state index in [2.05, 4.69) is 98.8 Å². The molecule has 0 aromatic heterocycles. The molecule has 2 heteroatoms. The van der Waals surface area contributed by atoms with E-state index >= 15 is 0 Å². The number of hydrogen-bond acceptors (Lipinski definition) is 0. The smallest absolute Gasteiger partial charge is 0.0485 e. The molecular formula is C32H32Cl2. The van der Waals surface area contributed by atoms with E-state index in [0.717, 1.165) is 54.1 Å². The monoisotopic (exact) mass is 486 g/mol. The molecule has 4 aromatic carbocycles. The first-order valence-electron chi connectivity index (χ1n) is 12.1. The van der Waals surface area contributed by atoms with Crippen molar-refractivity contribution in [2.24, 2.45) is 0 Å². The summed E-state index contributed by atoms with van der Waals surface area (Å²) < 4.78 is 0. The third kappa shape index (κ3) is 6.53. The number of benzene rings is 4. The summed E-state index contributed by atoms with van der Waals surface area (Å²) >= 11 is 14.0. The SMILES string of the molecule is Cc1ccc(CCc2cc(CCc3ccccc3)c(Cl)c(CCc3cccc(C)c3)c2Cl)cc1. The maximum atomic E-state index is 7.01. The van der Waals surface area contributed by atoms with Gasteiger partial charge in [0.1, 0.15) is 0 Å². The molecule has 4 rings (SSSR count). The Balaban J connectivity index is 1.60. The van der Waals surface area contributed by atoms with Crippen molar-refractivity contribution in [3.8, 4) is 0 Å². The van der Waals surface area contributed by atoms with Gasteiger partial charge in [-0.2, -0.15) is 0 Å². The molecule has 0 N–H and O–H groups in total. The quantitative estimate of drug-likeness (QED) is 0.221. The van der Waals surface area contributed by atoms with Crippen molar-refractivity contribution in [2.45, 2.75) is 52.4 Å². The Labute approximate surface area is 214 Å². The minimum absolute atomic E-state index is 0.840. The van der Waals surface area contributed by atoms with Crippen molar-refractivity contribution in [3.05, 3.63) is 139 Å². The lowest BCUT2D eigenvalue weighted by Crippen LogP contribution is -2.03. The maximum absolute atomic E-state index is 7.01. The zero-order chi connectivity index (χ0) is 23.9. The van der Waals surface area contributed by atoms with Crippen LogP contribution in [-0.2, 0) is 38.5 Å². The first kappa shape index (κ1) is 24.6. The van der Waals surface area contributed by atoms with Crippen LogP contribution in [0.4, 0.5) is 0 Å². The van der Waals surface area contributed by atoms with Crippen molar-refractivity contribution in [3.63, 3.8) is 0 Å². The molecule has 0 aliphatic carbocycles. The molecule has 0 bridgehead atoms. The van der Waals surface area contributed by atoms with Crippen molar-refractivity contribution in [1.82, 2.24) is 0 Å². The summed E-state index contributed by atoms with van der Waals surface area (Å²) in [6, 6.07) is 30.3. The van der Waals surface area contributed by atoms with Crippen LogP contribution in [0.5, 0.6) is 0 Å². The van der Waals surface area contributed by atoms with E-state index in [-0.39, 0.29) is 0 Å². The molecule has 0 spiro atoms. The van der Waals surface area contributed by atoms with Gasteiger partial charge >= 0.3 is 0 Å². The second kappa shape index (κ2) is 11.7. The molecule has 0 aliphatic rings. The predicted octanol–water partition coefficient (Wildman–Crippen LogP) is 8.97. The van der Waals surface area contributed by atoms with Gasteiger partial charge in [0.05, 0.1) is 0 Å². The van der Waals surface area contributed by atoms with Crippen LogP contribution in [0.1, 0.15) is 44.5 Å². The summed E-state index contributed by atoms with van der Waals surface area (Å²) in [6.07, 6.45) is 5.54. The van der Waals surface area contributed by atoms with Crippen molar-refractivity contribution < 1.29 is 0 Å². The van der Waals surface area contributed by atoms with Gasteiger partial charge in [0.2, 0.25) is 0 Å². The van der Waals surface area contributed by atoms with Gasteiger partial charge in [-0.3, -0.25) is 0 Å². The van der Waals surface area contributed by atoms with Crippen molar-refractivity contribution >= 4 is 23.2 Å². The molecule has 0 atom stereocenters. The van der Waals surface area contributed by atoms with Crippen molar-refractivity contribution in [1.29, 1.82) is 0 Å². The first-order valence-corrected chi connectivity index (χ1v) is 12.9. The van der Waals surface area contributed by atoms with Gasteiger partial charge in [0.25, 0.3) is 0 Å². The normalized spacial score (nSPS) is 11.1. The molecule has 0 unspecified atom stereocenters. The van der Waals surface area contributed by atoms with Gasteiger partial charge in [0, 0.05) is 10.0 Å². The third-order valence-electron chi connectivity index (χ3n) is 6.52. The van der Waals surface area contributed by atoms with Crippen molar-refractivity contribution in [2.75, 3.05) is 0 Å². The van der Waals surface area contributed by atoms with Crippen LogP contribution >= 0.6 is 23.2 Å². The van der Waals surface area contributed by atoms with Gasteiger partial charge < -0.3 is 0 Å². The van der Waals surface area contributed by atoms with E-state index in [0.29, 0.717) is 0 Å². The van der Waals surface area contributed by atoms with Crippen LogP contribution in [0, 0.1) is 13.8 Å². The van der Waals surface area contributed by atoms with Gasteiger partial charge in [0.15, 0.2) is 0 Å². The Morgan fingerprint density at radius 2 is 1.03 bits per heavy atom. The van der Waals surface area contributed by atoms with Crippen LogP contribution in [0.2, 0.25) is 10.0 Å². The molecule has 34 heavy (non-hydrogen) atoms. The molecule has 0 amide bonds. The lowest BCUT2D eigenvalue weighted by molar-refractivity contribution is 0.903.